The van der Waals surface area contributed by atoms with Gasteiger partial charge in [-0.3, -0.25) is 9.59 Å². The van der Waals surface area contributed by atoms with Crippen molar-refractivity contribution in [3.8, 4) is 0 Å². The van der Waals surface area contributed by atoms with E-state index in [9.17, 15) is 28.3 Å². The number of piperazine rings is 1. The van der Waals surface area contributed by atoms with Crippen LogP contribution in [0.2, 0.25) is 0 Å². The van der Waals surface area contributed by atoms with Crippen LogP contribution in [0.3, 0.4) is 0 Å². The van der Waals surface area contributed by atoms with Crippen molar-refractivity contribution in [1.29, 1.82) is 0 Å². The van der Waals surface area contributed by atoms with Gasteiger partial charge >= 0.3 is 6.09 Å². The van der Waals surface area contributed by atoms with Crippen molar-refractivity contribution in [1.82, 2.24) is 19.7 Å². The second kappa shape index (κ2) is 14.6. The number of hydrogen-bond donors (Lipinski definition) is 3. The van der Waals surface area contributed by atoms with Crippen LogP contribution in [0.25, 0.3) is 10.9 Å². The maximum atomic E-state index is 14.1. The van der Waals surface area contributed by atoms with E-state index in [4.69, 9.17) is 14.6 Å². The predicted octanol–water partition coefficient (Wildman–Crippen LogP) is 2.45. The number of nitrogens with one attached hydrogen (secondary N) is 1. The molecule has 3 amide bonds. The largest absolute Gasteiger partial charge is 0.465 e. The van der Waals surface area contributed by atoms with E-state index in [1.165, 1.54) is 6.07 Å². The molecule has 1 aliphatic carbocycles. The maximum Gasteiger partial charge on any atom is 0.405 e. The Balaban J connectivity index is 1.43. The molecule has 4 rings (SSSR count). The molecule has 0 radical (unpaired) electrons. The standard InChI is InChI=1S/C28H38F2N4O7/c29-21-16-20-17-24(34(23(20)18-22(21)30)10-12-40-14-15-41-13-11-35)26(36)32-6-8-33(9-7-32)27(37)25(31-28(38)39)19-4-2-1-3-5-19/h16-19,25,31,35H,1-15H2,(H,38,39)/t25-/m0/s1. The molecule has 1 saturated heterocycles. The van der Waals surface area contributed by atoms with Crippen LogP contribution >= 0.6 is 0 Å². The molecule has 3 N–H and O–H groups in total. The van der Waals surface area contributed by atoms with Gasteiger partial charge in [-0.25, -0.2) is 13.6 Å². The number of nitrogens with zero attached hydrogens (tertiary/aromatic N) is 3. The monoisotopic (exact) mass is 580 g/mol. The van der Waals surface area contributed by atoms with E-state index in [2.05, 4.69) is 5.32 Å². The fourth-order valence-corrected chi connectivity index (χ4v) is 5.69. The highest BCUT2D eigenvalue weighted by Crippen LogP contribution is 2.28. The van der Waals surface area contributed by atoms with E-state index in [1.807, 2.05) is 0 Å². The van der Waals surface area contributed by atoms with Crippen LogP contribution in [0, 0.1) is 17.6 Å². The zero-order chi connectivity index (χ0) is 29.4. The van der Waals surface area contributed by atoms with Gasteiger partial charge in [-0.1, -0.05) is 19.3 Å². The topological polar surface area (TPSA) is 134 Å². The highest BCUT2D eigenvalue weighted by atomic mass is 19.2. The number of aromatic nitrogens is 1. The fourth-order valence-electron chi connectivity index (χ4n) is 5.69. The van der Waals surface area contributed by atoms with Crippen molar-refractivity contribution in [2.45, 2.75) is 44.7 Å². The molecule has 2 aliphatic rings. The Hall–Kier alpha value is -3.29. The molecule has 2 fully saturated rings. The number of hydrogen-bond acceptors (Lipinski definition) is 6. The first-order valence-electron chi connectivity index (χ1n) is 14.1. The third-order valence-electron chi connectivity index (χ3n) is 7.77. The highest BCUT2D eigenvalue weighted by Gasteiger charge is 2.36. The molecule has 0 unspecified atom stereocenters. The van der Waals surface area contributed by atoms with Gasteiger partial charge in [0, 0.05) is 44.2 Å². The Morgan fingerprint density at radius 2 is 1.54 bits per heavy atom. The van der Waals surface area contributed by atoms with E-state index in [-0.39, 0.29) is 89.2 Å². The van der Waals surface area contributed by atoms with Gasteiger partial charge in [0.2, 0.25) is 5.91 Å². The second-order valence-electron chi connectivity index (χ2n) is 10.4. The number of rotatable bonds is 12. The van der Waals surface area contributed by atoms with Crippen molar-refractivity contribution in [3.05, 3.63) is 35.5 Å². The number of carboxylic acid groups (broad SMARTS) is 1. The number of benzene rings is 1. The molecule has 41 heavy (non-hydrogen) atoms. The van der Waals surface area contributed by atoms with Gasteiger partial charge in [0.15, 0.2) is 11.6 Å². The number of ether oxygens (including phenoxy) is 2. The summed E-state index contributed by atoms with van der Waals surface area (Å²) < 4.78 is 40.4. The van der Waals surface area contributed by atoms with E-state index in [0.717, 1.165) is 44.2 Å². The van der Waals surface area contributed by atoms with E-state index in [0.29, 0.717) is 10.9 Å². The van der Waals surface area contributed by atoms with Crippen molar-refractivity contribution in [2.24, 2.45) is 5.92 Å². The maximum absolute atomic E-state index is 14.1. The zero-order valence-corrected chi connectivity index (χ0v) is 23.0. The molecule has 13 heteroatoms. The average Bonchev–Trinajstić information content (AvgIpc) is 3.32. The number of carbonyl (C=O) groups excluding carboxylic acids is 2. The average molecular weight is 581 g/mol. The molecule has 2 heterocycles. The van der Waals surface area contributed by atoms with Crippen LogP contribution in [0.15, 0.2) is 18.2 Å². The summed E-state index contributed by atoms with van der Waals surface area (Å²) in [7, 11) is 0. The van der Waals surface area contributed by atoms with Crippen LogP contribution in [0.4, 0.5) is 13.6 Å². The minimum absolute atomic E-state index is 0.0491. The summed E-state index contributed by atoms with van der Waals surface area (Å²) in [6, 6.07) is 2.83. The summed E-state index contributed by atoms with van der Waals surface area (Å²) >= 11 is 0. The summed E-state index contributed by atoms with van der Waals surface area (Å²) in [5.41, 5.74) is 0.605. The molecule has 11 nitrogen and oxygen atoms in total. The van der Waals surface area contributed by atoms with Crippen LogP contribution in [-0.4, -0.2) is 108 Å². The summed E-state index contributed by atoms with van der Waals surface area (Å²) in [6.07, 6.45) is 3.35. The van der Waals surface area contributed by atoms with Crippen LogP contribution in [0.5, 0.6) is 0 Å². The Bertz CT molecular complexity index is 1210. The molecular formula is C28H38F2N4O7. The summed E-state index contributed by atoms with van der Waals surface area (Å²) in [5.74, 6) is -2.70. The molecule has 1 aromatic carbocycles. The lowest BCUT2D eigenvalue weighted by atomic mass is 9.83. The lowest BCUT2D eigenvalue weighted by molar-refractivity contribution is -0.136. The number of halogens is 2. The smallest absolute Gasteiger partial charge is 0.405 e. The number of aliphatic hydroxyl groups excluding tert-OH is 1. The SMILES string of the molecule is O=C(O)N[C@H](C(=O)N1CCN(C(=O)c2cc3cc(F)c(F)cc3n2CCOCCOCCO)CC1)C1CCCCC1. The van der Waals surface area contributed by atoms with Crippen molar-refractivity contribution < 1.29 is 42.9 Å². The van der Waals surface area contributed by atoms with Crippen molar-refractivity contribution in [3.63, 3.8) is 0 Å². The van der Waals surface area contributed by atoms with Crippen LogP contribution in [-0.2, 0) is 20.8 Å². The Morgan fingerprint density at radius 3 is 2.20 bits per heavy atom. The van der Waals surface area contributed by atoms with E-state index >= 15 is 0 Å². The Labute approximate surface area is 237 Å². The lowest BCUT2D eigenvalue weighted by Crippen LogP contribution is -2.57. The van der Waals surface area contributed by atoms with Gasteiger partial charge in [0.1, 0.15) is 11.7 Å². The number of carbonyl (C=O) groups is 3. The molecule has 1 saturated carbocycles. The second-order valence-corrected chi connectivity index (χ2v) is 10.4. The lowest BCUT2D eigenvalue weighted by Gasteiger charge is -2.38. The number of amides is 3. The molecular weight excluding hydrogens is 542 g/mol. The Morgan fingerprint density at radius 1 is 0.902 bits per heavy atom. The summed E-state index contributed by atoms with van der Waals surface area (Å²) in [6.45, 7) is 2.01. The van der Waals surface area contributed by atoms with Gasteiger partial charge < -0.3 is 39.4 Å². The molecule has 226 valence electrons. The first-order chi connectivity index (χ1) is 19.8. The minimum atomic E-state index is -1.23. The number of aliphatic hydroxyl groups is 1. The van der Waals surface area contributed by atoms with E-state index in [1.54, 1.807) is 14.4 Å². The molecule has 1 aliphatic heterocycles. The van der Waals surface area contributed by atoms with E-state index < -0.39 is 23.8 Å². The Kier molecular flexibility index (Phi) is 10.9. The normalized spacial score (nSPS) is 17.1. The van der Waals surface area contributed by atoms with Gasteiger partial charge in [-0.2, -0.15) is 0 Å². The van der Waals surface area contributed by atoms with Crippen LogP contribution < -0.4 is 5.32 Å². The minimum Gasteiger partial charge on any atom is -0.465 e. The highest BCUT2D eigenvalue weighted by molar-refractivity contribution is 5.99. The first-order valence-corrected chi connectivity index (χ1v) is 14.1. The molecule has 0 bridgehead atoms. The molecule has 1 atom stereocenters. The third kappa shape index (κ3) is 7.72. The zero-order valence-electron chi connectivity index (χ0n) is 23.0. The fraction of sp³-hybridized carbons (Fsp3) is 0.607. The van der Waals surface area contributed by atoms with Crippen molar-refractivity contribution in [2.75, 3.05) is 59.2 Å². The first kappa shape index (κ1) is 30.7. The summed E-state index contributed by atoms with van der Waals surface area (Å²) in [4.78, 5) is 41.6. The van der Waals surface area contributed by atoms with Gasteiger partial charge in [-0.15, -0.1) is 0 Å². The van der Waals surface area contributed by atoms with Gasteiger partial charge in [0.05, 0.1) is 38.6 Å². The quantitative estimate of drug-likeness (QED) is 0.329. The summed E-state index contributed by atoms with van der Waals surface area (Å²) in [5, 5.41) is 20.9. The van der Waals surface area contributed by atoms with Crippen LogP contribution in [0.1, 0.15) is 42.6 Å². The third-order valence-corrected chi connectivity index (χ3v) is 7.77. The van der Waals surface area contributed by atoms with Gasteiger partial charge in [-0.05, 0) is 30.9 Å². The number of fused-ring (bicyclic) bond motifs is 1. The molecule has 2 aromatic rings. The van der Waals surface area contributed by atoms with Crippen molar-refractivity contribution >= 4 is 28.8 Å². The predicted molar refractivity (Wildman–Crippen MR) is 145 cm³/mol. The molecule has 0 spiro atoms. The molecule has 1 aromatic heterocycles. The van der Waals surface area contributed by atoms with Gasteiger partial charge in [0.25, 0.3) is 5.91 Å².